The molecule has 19 heavy (non-hydrogen) atoms. The van der Waals surface area contributed by atoms with Crippen LogP contribution >= 0.6 is 11.6 Å². The minimum Gasteiger partial charge on any atom is -0.397 e. The van der Waals surface area contributed by atoms with Gasteiger partial charge in [-0.25, -0.2) is 17.9 Å². The maximum atomic E-state index is 11.9. The van der Waals surface area contributed by atoms with Crippen LogP contribution in [0.15, 0.2) is 17.0 Å². The maximum Gasteiger partial charge on any atom is 0.312 e. The van der Waals surface area contributed by atoms with E-state index in [0.717, 1.165) is 0 Å². The van der Waals surface area contributed by atoms with Crippen LogP contribution < -0.4 is 21.5 Å². The summed E-state index contributed by atoms with van der Waals surface area (Å²) in [6, 6.07) is 1.98. The average Bonchev–Trinajstić information content (AvgIpc) is 2.31. The van der Waals surface area contributed by atoms with Crippen molar-refractivity contribution in [2.45, 2.75) is 11.8 Å². The number of sulfonamides is 1. The molecule has 0 bridgehead atoms. The molecule has 0 heterocycles. The van der Waals surface area contributed by atoms with Gasteiger partial charge in [0.15, 0.2) is 0 Å². The molecule has 0 aliphatic carbocycles. The molecule has 0 aliphatic rings. The monoisotopic (exact) mass is 306 g/mol. The van der Waals surface area contributed by atoms with Gasteiger partial charge < -0.3 is 16.8 Å². The van der Waals surface area contributed by atoms with Crippen molar-refractivity contribution in [1.82, 2.24) is 10.0 Å². The minimum absolute atomic E-state index is 0.0194. The number of urea groups is 1. The van der Waals surface area contributed by atoms with Crippen molar-refractivity contribution in [2.75, 3.05) is 18.8 Å². The van der Waals surface area contributed by atoms with E-state index in [-0.39, 0.29) is 23.7 Å². The van der Waals surface area contributed by atoms with Crippen LogP contribution in [0.25, 0.3) is 0 Å². The molecule has 0 radical (unpaired) electrons. The number of aryl methyl sites for hydroxylation is 1. The highest BCUT2D eigenvalue weighted by molar-refractivity contribution is 7.89. The van der Waals surface area contributed by atoms with Crippen LogP contribution in [-0.4, -0.2) is 27.5 Å². The first kappa shape index (κ1) is 15.5. The molecule has 0 atom stereocenters. The lowest BCUT2D eigenvalue weighted by Gasteiger charge is -2.10. The average molecular weight is 307 g/mol. The Labute approximate surface area is 116 Å². The molecule has 0 spiro atoms. The minimum atomic E-state index is -3.70. The van der Waals surface area contributed by atoms with Crippen LogP contribution in [0.2, 0.25) is 5.02 Å². The highest BCUT2D eigenvalue weighted by Crippen LogP contribution is 2.26. The zero-order valence-corrected chi connectivity index (χ0v) is 11.8. The quantitative estimate of drug-likeness (QED) is 0.457. The van der Waals surface area contributed by atoms with E-state index in [2.05, 4.69) is 10.0 Å². The Morgan fingerprint density at radius 1 is 1.37 bits per heavy atom. The molecule has 2 amide bonds. The second kappa shape index (κ2) is 6.09. The fraction of sp³-hybridized carbons (Fsp3) is 0.300. The maximum absolute atomic E-state index is 11.9. The summed E-state index contributed by atoms with van der Waals surface area (Å²) in [5, 5.41) is 2.60. The van der Waals surface area contributed by atoms with Crippen molar-refractivity contribution < 1.29 is 13.2 Å². The first-order valence-electron chi connectivity index (χ1n) is 5.32. The summed E-state index contributed by atoms with van der Waals surface area (Å²) in [7, 11) is -3.70. The predicted molar refractivity (Wildman–Crippen MR) is 73.4 cm³/mol. The number of nitrogens with one attached hydrogen (secondary N) is 2. The molecule has 0 unspecified atom stereocenters. The molecule has 0 saturated carbocycles. The van der Waals surface area contributed by atoms with Crippen LogP contribution in [-0.2, 0) is 10.0 Å². The Morgan fingerprint density at radius 2 is 2.00 bits per heavy atom. The number of carbonyl (C=O) groups is 1. The van der Waals surface area contributed by atoms with Crippen LogP contribution in [0, 0.1) is 6.92 Å². The molecule has 106 valence electrons. The smallest absolute Gasteiger partial charge is 0.312 e. The fourth-order valence-corrected chi connectivity index (χ4v) is 2.63. The highest BCUT2D eigenvalue weighted by atomic mass is 35.5. The number of hydrogen-bond acceptors (Lipinski definition) is 4. The lowest BCUT2D eigenvalue weighted by atomic mass is 10.2. The topological polar surface area (TPSA) is 127 Å². The van der Waals surface area contributed by atoms with Gasteiger partial charge in [0.25, 0.3) is 0 Å². The number of anilines is 1. The summed E-state index contributed by atoms with van der Waals surface area (Å²) in [5.74, 6) is 0. The second-order valence-electron chi connectivity index (χ2n) is 3.83. The molecule has 0 saturated heterocycles. The number of nitrogens with two attached hydrogens (primary N) is 2. The van der Waals surface area contributed by atoms with Crippen molar-refractivity contribution in [3.8, 4) is 0 Å². The van der Waals surface area contributed by atoms with E-state index in [1.807, 2.05) is 0 Å². The van der Waals surface area contributed by atoms with Crippen molar-refractivity contribution in [3.63, 3.8) is 0 Å². The molecular formula is C10H15ClN4O3S. The normalized spacial score (nSPS) is 11.3. The zero-order valence-electron chi connectivity index (χ0n) is 10.2. The van der Waals surface area contributed by atoms with Gasteiger partial charge in [-0.3, -0.25) is 0 Å². The molecule has 1 aromatic carbocycles. The van der Waals surface area contributed by atoms with E-state index in [9.17, 15) is 13.2 Å². The molecular weight excluding hydrogens is 292 g/mol. The predicted octanol–water partition coefficient (Wildman–Crippen LogP) is 0.177. The third-order valence-corrected chi connectivity index (χ3v) is 4.24. The van der Waals surface area contributed by atoms with E-state index in [4.69, 9.17) is 23.1 Å². The van der Waals surface area contributed by atoms with Gasteiger partial charge in [-0.1, -0.05) is 11.6 Å². The van der Waals surface area contributed by atoms with Crippen molar-refractivity contribution in [1.29, 1.82) is 0 Å². The summed E-state index contributed by atoms with van der Waals surface area (Å²) >= 11 is 5.86. The Morgan fingerprint density at radius 3 is 2.53 bits per heavy atom. The van der Waals surface area contributed by atoms with Gasteiger partial charge in [-0.2, -0.15) is 0 Å². The summed E-state index contributed by atoms with van der Waals surface area (Å²) in [6.07, 6.45) is 0. The first-order valence-corrected chi connectivity index (χ1v) is 7.18. The lowest BCUT2D eigenvalue weighted by molar-refractivity contribution is 0.249. The van der Waals surface area contributed by atoms with Crippen molar-refractivity contribution in [2.24, 2.45) is 5.73 Å². The molecule has 0 aliphatic heterocycles. The van der Waals surface area contributed by atoms with Gasteiger partial charge in [0.05, 0.1) is 15.6 Å². The number of nitrogen functional groups attached to an aromatic ring is 1. The van der Waals surface area contributed by atoms with Gasteiger partial charge in [0, 0.05) is 13.1 Å². The number of carbonyl (C=O) groups excluding carboxylic acids is 1. The summed E-state index contributed by atoms with van der Waals surface area (Å²) in [4.78, 5) is 10.4. The van der Waals surface area contributed by atoms with E-state index < -0.39 is 16.1 Å². The largest absolute Gasteiger partial charge is 0.397 e. The molecule has 0 fully saturated rings. The lowest BCUT2D eigenvalue weighted by Crippen LogP contribution is -2.37. The molecule has 6 N–H and O–H groups in total. The summed E-state index contributed by atoms with van der Waals surface area (Å²) in [5.41, 5.74) is 11.2. The Bertz CT molecular complexity index is 565. The molecule has 9 heteroatoms. The number of hydrogen-bond donors (Lipinski definition) is 4. The molecule has 1 rings (SSSR count). The van der Waals surface area contributed by atoms with Gasteiger partial charge in [-0.15, -0.1) is 0 Å². The highest BCUT2D eigenvalue weighted by Gasteiger charge is 2.16. The van der Waals surface area contributed by atoms with Crippen LogP contribution in [0.5, 0.6) is 0 Å². The zero-order chi connectivity index (χ0) is 14.6. The number of primary amides is 1. The Hall–Kier alpha value is -1.51. The number of halogens is 1. The van der Waals surface area contributed by atoms with Crippen molar-refractivity contribution in [3.05, 3.63) is 22.7 Å². The molecule has 7 nitrogen and oxygen atoms in total. The van der Waals surface area contributed by atoms with Crippen molar-refractivity contribution >= 4 is 33.3 Å². The van der Waals surface area contributed by atoms with E-state index in [1.54, 1.807) is 6.92 Å². The van der Waals surface area contributed by atoms with Gasteiger partial charge in [0.2, 0.25) is 10.0 Å². The summed E-state index contributed by atoms with van der Waals surface area (Å²) in [6.45, 7) is 1.77. The van der Waals surface area contributed by atoms with Crippen LogP contribution in [0.4, 0.5) is 10.5 Å². The fourth-order valence-electron chi connectivity index (χ4n) is 1.37. The van der Waals surface area contributed by atoms with E-state index in [1.165, 1.54) is 12.1 Å². The van der Waals surface area contributed by atoms with Gasteiger partial charge >= 0.3 is 6.03 Å². The third kappa shape index (κ3) is 4.27. The van der Waals surface area contributed by atoms with Crippen LogP contribution in [0.1, 0.15) is 5.56 Å². The first-order chi connectivity index (χ1) is 8.74. The Balaban J connectivity index is 2.80. The van der Waals surface area contributed by atoms with E-state index in [0.29, 0.717) is 10.6 Å². The number of amides is 2. The third-order valence-electron chi connectivity index (χ3n) is 2.28. The number of benzene rings is 1. The number of rotatable bonds is 5. The van der Waals surface area contributed by atoms with Crippen LogP contribution in [0.3, 0.4) is 0 Å². The SMILES string of the molecule is Cc1cc(S(=O)(=O)NCCNC(N)=O)cc(N)c1Cl. The van der Waals surface area contributed by atoms with Gasteiger partial charge in [0.1, 0.15) is 0 Å². The molecule has 1 aromatic rings. The second-order valence-corrected chi connectivity index (χ2v) is 5.98. The summed E-state index contributed by atoms with van der Waals surface area (Å²) < 4.78 is 26.2. The van der Waals surface area contributed by atoms with E-state index >= 15 is 0 Å². The molecule has 0 aromatic heterocycles. The van der Waals surface area contributed by atoms with Gasteiger partial charge in [-0.05, 0) is 24.6 Å². The standard InChI is InChI=1S/C10H15ClN4O3S/c1-6-4-7(5-8(12)9(6)11)19(17,18)15-3-2-14-10(13)16/h4-5,15H,2-3,12H2,1H3,(H3,13,14,16). The Kier molecular flexibility index (Phi) is 4.98.